The van der Waals surface area contributed by atoms with Crippen molar-refractivity contribution in [2.45, 2.75) is 26.2 Å². The number of hydrogen-bond donors (Lipinski definition) is 2. The number of amides is 1. The molecule has 1 aliphatic rings. The Morgan fingerprint density at radius 1 is 1.14 bits per heavy atom. The lowest BCUT2D eigenvalue weighted by molar-refractivity contribution is -0.116. The molecule has 0 unspecified atom stereocenters. The van der Waals surface area contributed by atoms with Gasteiger partial charge in [0, 0.05) is 22.8 Å². The van der Waals surface area contributed by atoms with E-state index in [0.717, 1.165) is 21.6 Å². The third-order valence-electron chi connectivity index (χ3n) is 5.17. The third kappa shape index (κ3) is 3.10. The number of carboxylic acids is 1. The molecule has 4 nitrogen and oxygen atoms in total. The highest BCUT2D eigenvalue weighted by Crippen LogP contribution is 2.49. The van der Waals surface area contributed by atoms with E-state index >= 15 is 0 Å². The first-order valence-electron chi connectivity index (χ1n) is 8.88. The number of anilines is 1. The summed E-state index contributed by atoms with van der Waals surface area (Å²) in [6.07, 6.45) is 0.262. The molecule has 0 bridgehead atoms. The molecule has 0 spiro atoms. The minimum Gasteiger partial charge on any atom is -0.477 e. The molecule has 2 aromatic carbocycles. The number of rotatable bonds is 3. The van der Waals surface area contributed by atoms with Gasteiger partial charge in [0.15, 0.2) is 0 Å². The zero-order valence-electron chi connectivity index (χ0n) is 15.4. The summed E-state index contributed by atoms with van der Waals surface area (Å²) < 4.78 is 13.4. The number of aryl methyl sites for hydroxylation is 2. The monoisotopic (exact) mass is 395 g/mol. The Hall–Kier alpha value is -2.99. The van der Waals surface area contributed by atoms with Gasteiger partial charge in [0.05, 0.1) is 5.69 Å². The van der Waals surface area contributed by atoms with Crippen LogP contribution in [-0.2, 0) is 4.79 Å². The number of nitrogens with one attached hydrogen (secondary N) is 1. The molecule has 0 fully saturated rings. The second-order valence-electron chi connectivity index (χ2n) is 7.01. The quantitative estimate of drug-likeness (QED) is 0.629. The van der Waals surface area contributed by atoms with Crippen molar-refractivity contribution in [1.82, 2.24) is 0 Å². The molecule has 0 saturated carbocycles. The Kier molecular flexibility index (Phi) is 4.51. The van der Waals surface area contributed by atoms with Gasteiger partial charge in [0.25, 0.3) is 0 Å². The number of thiophene rings is 1. The van der Waals surface area contributed by atoms with Crippen LogP contribution in [0.4, 0.5) is 10.1 Å². The zero-order valence-corrected chi connectivity index (χ0v) is 16.2. The number of aromatic carboxylic acids is 1. The summed E-state index contributed by atoms with van der Waals surface area (Å²) in [5.41, 5.74) is 4.80. The highest BCUT2D eigenvalue weighted by molar-refractivity contribution is 7.15. The summed E-state index contributed by atoms with van der Waals surface area (Å²) in [6.45, 7) is 4.04. The van der Waals surface area contributed by atoms with Crippen molar-refractivity contribution in [1.29, 1.82) is 0 Å². The molecule has 1 amide bonds. The maximum atomic E-state index is 13.4. The van der Waals surface area contributed by atoms with Crippen LogP contribution in [0.2, 0.25) is 0 Å². The van der Waals surface area contributed by atoms with Gasteiger partial charge in [0.2, 0.25) is 5.91 Å². The van der Waals surface area contributed by atoms with Crippen LogP contribution in [0.25, 0.3) is 11.1 Å². The van der Waals surface area contributed by atoms with Gasteiger partial charge in [-0.1, -0.05) is 30.3 Å². The molecule has 1 aliphatic heterocycles. The number of carbonyl (C=O) groups excluding carboxylic acids is 1. The maximum Gasteiger partial charge on any atom is 0.346 e. The normalized spacial score (nSPS) is 15.8. The van der Waals surface area contributed by atoms with E-state index in [1.807, 2.05) is 26.0 Å². The van der Waals surface area contributed by atoms with E-state index in [0.29, 0.717) is 16.8 Å². The van der Waals surface area contributed by atoms with E-state index in [-0.39, 0.29) is 23.1 Å². The van der Waals surface area contributed by atoms with Crippen LogP contribution in [0.3, 0.4) is 0 Å². The highest BCUT2D eigenvalue weighted by Gasteiger charge is 2.34. The van der Waals surface area contributed by atoms with Gasteiger partial charge in [-0.25, -0.2) is 9.18 Å². The van der Waals surface area contributed by atoms with Crippen LogP contribution in [0.5, 0.6) is 0 Å². The topological polar surface area (TPSA) is 66.4 Å². The fourth-order valence-electron chi connectivity index (χ4n) is 3.58. The summed E-state index contributed by atoms with van der Waals surface area (Å²) >= 11 is 1.18. The number of hydrogen-bond acceptors (Lipinski definition) is 3. The van der Waals surface area contributed by atoms with Gasteiger partial charge >= 0.3 is 5.97 Å². The first kappa shape index (κ1) is 18.4. The summed E-state index contributed by atoms with van der Waals surface area (Å²) in [7, 11) is 0. The van der Waals surface area contributed by atoms with Crippen molar-refractivity contribution < 1.29 is 19.1 Å². The van der Waals surface area contributed by atoms with E-state index in [2.05, 4.69) is 11.4 Å². The molecule has 1 aromatic heterocycles. The second kappa shape index (κ2) is 6.87. The van der Waals surface area contributed by atoms with Crippen molar-refractivity contribution in [3.05, 3.63) is 74.7 Å². The lowest BCUT2D eigenvalue weighted by atomic mass is 9.87. The molecule has 28 heavy (non-hydrogen) atoms. The number of carbonyl (C=O) groups is 2. The van der Waals surface area contributed by atoms with E-state index in [1.54, 1.807) is 0 Å². The fraction of sp³-hybridized carbons (Fsp3) is 0.182. The zero-order chi connectivity index (χ0) is 20.0. The smallest absolute Gasteiger partial charge is 0.346 e. The number of carboxylic acid groups (broad SMARTS) is 1. The maximum absolute atomic E-state index is 13.4. The van der Waals surface area contributed by atoms with Crippen LogP contribution in [-0.4, -0.2) is 17.0 Å². The van der Waals surface area contributed by atoms with Crippen LogP contribution < -0.4 is 5.32 Å². The first-order valence-corrected chi connectivity index (χ1v) is 9.69. The Labute approximate surface area is 165 Å². The Bertz CT molecular complexity index is 1100. The number of benzene rings is 2. The molecule has 0 radical (unpaired) electrons. The molecule has 6 heteroatoms. The molecule has 0 saturated heterocycles. The molecule has 4 rings (SSSR count). The molecule has 2 N–H and O–H groups in total. The standard InChI is InChI=1S/C22H18FNO3S/c1-11-3-4-14(9-12(11)2)16-10-17(25)24-19-18(13-5-7-15(23)8-6-13)21(22(26)27)28-20(16)19/h3-9,16H,10H2,1-2H3,(H,24,25)(H,26,27)/t16-/m0/s1. The minimum atomic E-state index is -1.06. The van der Waals surface area contributed by atoms with E-state index < -0.39 is 11.8 Å². The van der Waals surface area contributed by atoms with Gasteiger partial charge in [-0.05, 0) is 48.2 Å². The highest BCUT2D eigenvalue weighted by atomic mass is 32.1. The lowest BCUT2D eigenvalue weighted by Gasteiger charge is -2.24. The molecule has 0 aliphatic carbocycles. The van der Waals surface area contributed by atoms with Crippen LogP contribution in [0.15, 0.2) is 42.5 Å². The van der Waals surface area contributed by atoms with Gasteiger partial charge < -0.3 is 10.4 Å². The fourth-order valence-corrected chi connectivity index (χ4v) is 4.83. The van der Waals surface area contributed by atoms with Crippen molar-refractivity contribution in [2.75, 3.05) is 5.32 Å². The predicted octanol–water partition coefficient (Wildman–Crippen LogP) is 5.34. The molecule has 142 valence electrons. The van der Waals surface area contributed by atoms with Crippen molar-refractivity contribution >= 4 is 28.9 Å². The van der Waals surface area contributed by atoms with E-state index in [9.17, 15) is 19.1 Å². The molecule has 2 heterocycles. The summed E-state index contributed by atoms with van der Waals surface area (Å²) in [4.78, 5) is 25.4. The van der Waals surface area contributed by atoms with Crippen molar-refractivity contribution in [3.8, 4) is 11.1 Å². The van der Waals surface area contributed by atoms with Crippen LogP contribution >= 0.6 is 11.3 Å². The van der Waals surface area contributed by atoms with Gasteiger partial charge in [0.1, 0.15) is 10.7 Å². The molecular formula is C22H18FNO3S. The minimum absolute atomic E-state index is 0.146. The Balaban J connectivity index is 1.93. The Morgan fingerprint density at radius 3 is 2.50 bits per heavy atom. The van der Waals surface area contributed by atoms with Crippen LogP contribution in [0, 0.1) is 19.7 Å². The van der Waals surface area contributed by atoms with Gasteiger partial charge in [-0.3, -0.25) is 4.79 Å². The largest absolute Gasteiger partial charge is 0.477 e. The SMILES string of the molecule is Cc1ccc([C@@H]2CC(=O)Nc3c2sc(C(=O)O)c3-c2ccc(F)cc2)cc1C. The van der Waals surface area contributed by atoms with Gasteiger partial charge in [-0.15, -0.1) is 11.3 Å². The summed E-state index contributed by atoms with van der Waals surface area (Å²) in [6, 6.07) is 11.7. The molecule has 3 aromatic rings. The van der Waals surface area contributed by atoms with Crippen molar-refractivity contribution in [3.63, 3.8) is 0 Å². The third-order valence-corrected chi connectivity index (χ3v) is 6.46. The summed E-state index contributed by atoms with van der Waals surface area (Å²) in [5.74, 6) is -1.83. The Morgan fingerprint density at radius 2 is 1.86 bits per heavy atom. The van der Waals surface area contributed by atoms with E-state index in [1.165, 1.54) is 35.6 Å². The predicted molar refractivity (Wildman–Crippen MR) is 108 cm³/mol. The van der Waals surface area contributed by atoms with Gasteiger partial charge in [-0.2, -0.15) is 0 Å². The lowest BCUT2D eigenvalue weighted by Crippen LogP contribution is -2.22. The number of halogens is 1. The summed E-state index contributed by atoms with van der Waals surface area (Å²) in [5, 5.41) is 12.6. The average molecular weight is 395 g/mol. The average Bonchev–Trinajstić information content (AvgIpc) is 3.03. The molecular weight excluding hydrogens is 377 g/mol. The second-order valence-corrected chi connectivity index (χ2v) is 8.06. The first-order chi connectivity index (χ1) is 13.3. The number of fused-ring (bicyclic) bond motifs is 1. The van der Waals surface area contributed by atoms with Crippen molar-refractivity contribution in [2.24, 2.45) is 0 Å². The van der Waals surface area contributed by atoms with E-state index in [4.69, 9.17) is 0 Å². The van der Waals surface area contributed by atoms with Crippen LogP contribution in [0.1, 0.15) is 43.6 Å². The molecule has 1 atom stereocenters.